The van der Waals surface area contributed by atoms with Crippen molar-refractivity contribution < 1.29 is 9.90 Å². The predicted octanol–water partition coefficient (Wildman–Crippen LogP) is 2.94. The second kappa shape index (κ2) is 7.13. The van der Waals surface area contributed by atoms with Gasteiger partial charge in [-0.05, 0) is 43.4 Å². The average molecular weight is 289 g/mol. The van der Waals surface area contributed by atoms with Gasteiger partial charge >= 0.3 is 6.03 Å². The number of aliphatic hydroxyl groups is 1. The first-order chi connectivity index (χ1) is 10.1. The first kappa shape index (κ1) is 15.4. The highest BCUT2D eigenvalue weighted by Gasteiger charge is 2.06. The molecule has 1 aromatic carbocycles. The number of aliphatic hydroxyl groups excluding tert-OH is 1. The molecule has 114 valence electrons. The van der Waals surface area contributed by atoms with Crippen molar-refractivity contribution in [1.82, 2.24) is 9.88 Å². The lowest BCUT2D eigenvalue weighted by Gasteiger charge is -2.10. The number of amides is 2. The van der Waals surface area contributed by atoms with Gasteiger partial charge in [0.1, 0.15) is 0 Å². The molecule has 0 aliphatic rings. The van der Waals surface area contributed by atoms with E-state index in [4.69, 9.17) is 0 Å². The zero-order chi connectivity index (χ0) is 15.2. The van der Waals surface area contributed by atoms with E-state index in [1.165, 1.54) is 0 Å². The van der Waals surface area contributed by atoms with Crippen LogP contribution < -0.4 is 10.6 Å². The number of aryl methyl sites for hydroxylation is 1. The van der Waals surface area contributed by atoms with Crippen molar-refractivity contribution in [2.24, 2.45) is 0 Å². The van der Waals surface area contributed by atoms with E-state index in [1.54, 1.807) is 0 Å². The molecule has 0 radical (unpaired) electrons. The Hall–Kier alpha value is -2.01. The van der Waals surface area contributed by atoms with Gasteiger partial charge in [-0.3, -0.25) is 0 Å². The molecule has 5 nitrogen and oxygen atoms in total. The molecular weight excluding hydrogens is 266 g/mol. The third kappa shape index (κ3) is 3.98. The molecule has 0 spiro atoms. The highest BCUT2D eigenvalue weighted by molar-refractivity contribution is 5.92. The summed E-state index contributed by atoms with van der Waals surface area (Å²) in [6.07, 6.45) is 2.96. The number of benzene rings is 1. The Morgan fingerprint density at radius 3 is 2.86 bits per heavy atom. The Balaban J connectivity index is 1.94. The van der Waals surface area contributed by atoms with Gasteiger partial charge in [0.2, 0.25) is 0 Å². The number of nitrogens with one attached hydrogen (secondary N) is 2. The van der Waals surface area contributed by atoms with Crippen LogP contribution in [0.3, 0.4) is 0 Å². The zero-order valence-corrected chi connectivity index (χ0v) is 12.6. The number of hydrogen-bond donors (Lipinski definition) is 3. The minimum Gasteiger partial charge on any atom is -0.393 e. The van der Waals surface area contributed by atoms with Crippen molar-refractivity contribution in [3.63, 3.8) is 0 Å². The summed E-state index contributed by atoms with van der Waals surface area (Å²) < 4.78 is 2.13. The van der Waals surface area contributed by atoms with Crippen LogP contribution in [-0.4, -0.2) is 28.4 Å². The van der Waals surface area contributed by atoms with Crippen LogP contribution >= 0.6 is 0 Å². The van der Waals surface area contributed by atoms with Gasteiger partial charge in [-0.2, -0.15) is 0 Å². The van der Waals surface area contributed by atoms with E-state index >= 15 is 0 Å². The molecule has 1 heterocycles. The van der Waals surface area contributed by atoms with Crippen LogP contribution in [0.4, 0.5) is 10.5 Å². The van der Waals surface area contributed by atoms with Crippen molar-refractivity contribution in [3.05, 3.63) is 30.5 Å². The lowest BCUT2D eigenvalue weighted by atomic mass is 10.2. The Morgan fingerprint density at radius 2 is 2.14 bits per heavy atom. The van der Waals surface area contributed by atoms with Gasteiger partial charge < -0.3 is 20.3 Å². The number of carbonyl (C=O) groups excluding carboxylic acids is 1. The highest BCUT2D eigenvalue weighted by atomic mass is 16.3. The topological polar surface area (TPSA) is 66.3 Å². The summed E-state index contributed by atoms with van der Waals surface area (Å²) in [4.78, 5) is 11.8. The number of anilines is 1. The van der Waals surface area contributed by atoms with Crippen LogP contribution in [0.15, 0.2) is 30.5 Å². The minimum atomic E-state index is -0.352. The lowest BCUT2D eigenvalue weighted by Crippen LogP contribution is -2.31. The number of fused-ring (bicyclic) bond motifs is 1. The quantitative estimate of drug-likeness (QED) is 0.765. The second-order valence-corrected chi connectivity index (χ2v) is 5.11. The van der Waals surface area contributed by atoms with E-state index in [-0.39, 0.29) is 12.1 Å². The summed E-state index contributed by atoms with van der Waals surface area (Å²) in [5, 5.41) is 16.2. The first-order valence-electron chi connectivity index (χ1n) is 7.45. The number of rotatable bonds is 6. The Morgan fingerprint density at radius 1 is 1.33 bits per heavy atom. The number of urea groups is 1. The van der Waals surface area contributed by atoms with Gasteiger partial charge in [0, 0.05) is 25.0 Å². The number of hydrogen-bond acceptors (Lipinski definition) is 2. The third-order valence-corrected chi connectivity index (χ3v) is 3.61. The standard InChI is InChI=1S/C16H23N3O2/c1-3-14(20)7-9-17-16(21)18-13-6-5-12-8-10-19(4-2)15(12)11-13/h5-6,8,10-11,14,20H,3-4,7,9H2,1-2H3,(H2,17,18,21). The molecule has 2 amide bonds. The Labute approximate surface area is 125 Å². The van der Waals surface area contributed by atoms with Crippen LogP contribution in [0.2, 0.25) is 0 Å². The number of aromatic nitrogens is 1. The summed E-state index contributed by atoms with van der Waals surface area (Å²) in [7, 11) is 0. The first-order valence-corrected chi connectivity index (χ1v) is 7.45. The molecule has 5 heteroatoms. The summed E-state index contributed by atoms with van der Waals surface area (Å²) in [6.45, 7) is 5.37. The highest BCUT2D eigenvalue weighted by Crippen LogP contribution is 2.20. The normalized spacial score (nSPS) is 12.3. The minimum absolute atomic E-state index is 0.243. The van der Waals surface area contributed by atoms with E-state index in [0.29, 0.717) is 19.4 Å². The summed E-state index contributed by atoms with van der Waals surface area (Å²) in [5.41, 5.74) is 1.88. The predicted molar refractivity (Wildman–Crippen MR) is 85.5 cm³/mol. The van der Waals surface area contributed by atoms with Crippen molar-refractivity contribution in [2.75, 3.05) is 11.9 Å². The zero-order valence-electron chi connectivity index (χ0n) is 12.6. The van der Waals surface area contributed by atoms with Gasteiger partial charge in [0.25, 0.3) is 0 Å². The fourth-order valence-corrected chi connectivity index (χ4v) is 2.27. The molecule has 2 rings (SSSR count). The molecule has 1 aromatic heterocycles. The van der Waals surface area contributed by atoms with Crippen molar-refractivity contribution in [2.45, 2.75) is 39.3 Å². The molecule has 1 unspecified atom stereocenters. The van der Waals surface area contributed by atoms with Crippen LogP contribution in [0, 0.1) is 0 Å². The van der Waals surface area contributed by atoms with Gasteiger partial charge in [-0.25, -0.2) is 4.79 Å². The van der Waals surface area contributed by atoms with Gasteiger partial charge in [-0.1, -0.05) is 13.0 Å². The van der Waals surface area contributed by atoms with E-state index < -0.39 is 0 Å². The molecular formula is C16H23N3O2. The monoisotopic (exact) mass is 289 g/mol. The lowest BCUT2D eigenvalue weighted by molar-refractivity contribution is 0.160. The van der Waals surface area contributed by atoms with E-state index in [2.05, 4.69) is 28.2 Å². The number of nitrogens with zero attached hydrogens (tertiary/aromatic N) is 1. The molecule has 1 atom stereocenters. The molecule has 0 bridgehead atoms. The third-order valence-electron chi connectivity index (χ3n) is 3.61. The van der Waals surface area contributed by atoms with Crippen LogP contribution in [-0.2, 0) is 6.54 Å². The van der Waals surface area contributed by atoms with Gasteiger partial charge in [-0.15, -0.1) is 0 Å². The molecule has 0 aliphatic carbocycles. The molecule has 21 heavy (non-hydrogen) atoms. The fourth-order valence-electron chi connectivity index (χ4n) is 2.27. The molecule has 0 saturated carbocycles. The maximum atomic E-state index is 11.8. The van der Waals surface area contributed by atoms with Gasteiger partial charge in [0.15, 0.2) is 0 Å². The Kier molecular flexibility index (Phi) is 5.22. The van der Waals surface area contributed by atoms with E-state index in [0.717, 1.165) is 23.1 Å². The van der Waals surface area contributed by atoms with E-state index in [9.17, 15) is 9.90 Å². The maximum Gasteiger partial charge on any atom is 0.319 e. The Bertz CT molecular complexity index is 607. The molecule has 0 aliphatic heterocycles. The van der Waals surface area contributed by atoms with Crippen LogP contribution in [0.1, 0.15) is 26.7 Å². The largest absolute Gasteiger partial charge is 0.393 e. The molecule has 3 N–H and O–H groups in total. The summed E-state index contributed by atoms with van der Waals surface area (Å²) in [5.74, 6) is 0. The van der Waals surface area contributed by atoms with Crippen LogP contribution in [0.5, 0.6) is 0 Å². The molecule has 0 saturated heterocycles. The average Bonchev–Trinajstić information content (AvgIpc) is 2.89. The molecule has 2 aromatic rings. The van der Waals surface area contributed by atoms with Crippen LogP contribution in [0.25, 0.3) is 10.9 Å². The SMILES string of the molecule is CCC(O)CCNC(=O)Nc1ccc2ccn(CC)c2c1. The van der Waals surface area contributed by atoms with E-state index in [1.807, 2.05) is 31.3 Å². The number of carbonyl (C=O) groups is 1. The fraction of sp³-hybridized carbons (Fsp3) is 0.438. The van der Waals surface area contributed by atoms with Crippen molar-refractivity contribution in [3.8, 4) is 0 Å². The summed E-state index contributed by atoms with van der Waals surface area (Å²) in [6, 6.07) is 7.68. The second-order valence-electron chi connectivity index (χ2n) is 5.11. The summed E-state index contributed by atoms with van der Waals surface area (Å²) >= 11 is 0. The molecule has 0 fully saturated rings. The van der Waals surface area contributed by atoms with Crippen molar-refractivity contribution >= 4 is 22.6 Å². The van der Waals surface area contributed by atoms with Crippen molar-refractivity contribution in [1.29, 1.82) is 0 Å². The van der Waals surface area contributed by atoms with Gasteiger partial charge in [0.05, 0.1) is 11.6 Å². The maximum absolute atomic E-state index is 11.8. The smallest absolute Gasteiger partial charge is 0.319 e.